The van der Waals surface area contributed by atoms with Crippen LogP contribution in [0.3, 0.4) is 0 Å². The van der Waals surface area contributed by atoms with Gasteiger partial charge in [0.05, 0.1) is 6.26 Å². The highest BCUT2D eigenvalue weighted by atomic mass is 32.2. The highest BCUT2D eigenvalue weighted by Gasteiger charge is 2.01. The Hall–Kier alpha value is -1.18. The van der Waals surface area contributed by atoms with Crippen LogP contribution in [0, 0.1) is 5.82 Å². The number of rotatable bonds is 6. The van der Waals surface area contributed by atoms with Gasteiger partial charge in [0.25, 0.3) is 0 Å². The maximum Gasteiger partial charge on any atom is 0.208 e. The van der Waals surface area contributed by atoms with Crippen LogP contribution in [0.15, 0.2) is 18.2 Å². The van der Waals surface area contributed by atoms with E-state index in [0.29, 0.717) is 18.7 Å². The fourth-order valence-electron chi connectivity index (χ4n) is 1.29. The van der Waals surface area contributed by atoms with Gasteiger partial charge >= 0.3 is 0 Å². The zero-order valence-electron chi connectivity index (χ0n) is 9.40. The van der Waals surface area contributed by atoms with E-state index in [4.69, 9.17) is 5.11 Å². The zero-order chi connectivity index (χ0) is 12.9. The van der Waals surface area contributed by atoms with E-state index in [2.05, 4.69) is 10.0 Å². The van der Waals surface area contributed by atoms with Gasteiger partial charge in [0, 0.05) is 25.7 Å². The molecule has 0 bridgehead atoms. The minimum absolute atomic E-state index is 0.129. The molecule has 17 heavy (non-hydrogen) atoms. The molecule has 0 spiro atoms. The maximum atomic E-state index is 12.9. The number of benzene rings is 1. The van der Waals surface area contributed by atoms with Crippen molar-refractivity contribution < 1.29 is 17.9 Å². The molecule has 0 unspecified atom stereocenters. The second-order valence-corrected chi connectivity index (χ2v) is 5.49. The number of sulfonamides is 1. The minimum atomic E-state index is -3.17. The Labute approximate surface area is 99.7 Å². The smallest absolute Gasteiger partial charge is 0.208 e. The van der Waals surface area contributed by atoms with Crippen molar-refractivity contribution in [1.82, 2.24) is 10.0 Å². The lowest BCUT2D eigenvalue weighted by Crippen LogP contribution is -2.30. The Morgan fingerprint density at radius 2 is 2.00 bits per heavy atom. The topological polar surface area (TPSA) is 78.4 Å². The van der Waals surface area contributed by atoms with Crippen LogP contribution in [0.1, 0.15) is 5.56 Å². The summed E-state index contributed by atoms with van der Waals surface area (Å²) >= 11 is 0. The molecule has 0 aliphatic carbocycles. The van der Waals surface area contributed by atoms with E-state index in [1.54, 1.807) is 0 Å². The molecule has 0 saturated heterocycles. The van der Waals surface area contributed by atoms with Gasteiger partial charge in [-0.15, -0.1) is 0 Å². The van der Waals surface area contributed by atoms with Crippen molar-refractivity contribution in [3.05, 3.63) is 29.6 Å². The van der Waals surface area contributed by atoms with E-state index in [0.717, 1.165) is 12.3 Å². The molecular weight excluding hydrogens is 247 g/mol. The summed E-state index contributed by atoms with van der Waals surface area (Å²) in [5.74, 6) is -0.632. The molecule has 1 rings (SSSR count). The molecule has 0 aromatic heterocycles. The zero-order valence-corrected chi connectivity index (χ0v) is 10.2. The molecule has 0 radical (unpaired) electrons. The summed E-state index contributed by atoms with van der Waals surface area (Å²) in [5, 5.41) is 12.1. The van der Waals surface area contributed by atoms with Crippen molar-refractivity contribution in [1.29, 1.82) is 0 Å². The Bertz CT molecular complexity index is 456. The van der Waals surface area contributed by atoms with E-state index in [1.807, 2.05) is 0 Å². The molecule has 0 aliphatic rings. The van der Waals surface area contributed by atoms with E-state index >= 15 is 0 Å². The van der Waals surface area contributed by atoms with Crippen molar-refractivity contribution in [2.45, 2.75) is 6.54 Å². The van der Waals surface area contributed by atoms with Crippen LogP contribution in [0.4, 0.5) is 4.39 Å². The fraction of sp³-hybridized carbons (Fsp3) is 0.400. The summed E-state index contributed by atoms with van der Waals surface area (Å²) in [6, 6.07) is 3.77. The first-order valence-corrected chi connectivity index (χ1v) is 6.90. The van der Waals surface area contributed by atoms with Crippen molar-refractivity contribution in [2.75, 3.05) is 19.3 Å². The number of aromatic hydroxyl groups is 1. The van der Waals surface area contributed by atoms with E-state index in [9.17, 15) is 12.8 Å². The van der Waals surface area contributed by atoms with Gasteiger partial charge < -0.3 is 10.4 Å². The summed E-state index contributed by atoms with van der Waals surface area (Å²) < 4.78 is 36.7. The molecule has 0 heterocycles. The average molecular weight is 262 g/mol. The minimum Gasteiger partial charge on any atom is -0.508 e. The van der Waals surface area contributed by atoms with Gasteiger partial charge in [0.2, 0.25) is 10.0 Å². The molecule has 1 aromatic carbocycles. The summed E-state index contributed by atoms with van der Waals surface area (Å²) in [7, 11) is -3.17. The molecule has 0 saturated carbocycles. The van der Waals surface area contributed by atoms with Crippen molar-refractivity contribution in [3.63, 3.8) is 0 Å². The lowest BCUT2D eigenvalue weighted by molar-refractivity contribution is 0.467. The molecule has 3 N–H and O–H groups in total. The Kier molecular flexibility index (Phi) is 4.86. The largest absolute Gasteiger partial charge is 0.508 e. The van der Waals surface area contributed by atoms with Gasteiger partial charge in [-0.25, -0.2) is 17.5 Å². The van der Waals surface area contributed by atoms with Crippen LogP contribution in [0.5, 0.6) is 5.75 Å². The van der Waals surface area contributed by atoms with Gasteiger partial charge in [0.15, 0.2) is 0 Å². The number of hydrogen-bond acceptors (Lipinski definition) is 4. The van der Waals surface area contributed by atoms with Gasteiger partial charge in [-0.3, -0.25) is 0 Å². The quantitative estimate of drug-likeness (QED) is 0.639. The van der Waals surface area contributed by atoms with Crippen molar-refractivity contribution >= 4 is 10.0 Å². The Balaban J connectivity index is 2.31. The monoisotopic (exact) mass is 262 g/mol. The first-order chi connectivity index (χ1) is 7.87. The van der Waals surface area contributed by atoms with Gasteiger partial charge in [0.1, 0.15) is 11.6 Å². The van der Waals surface area contributed by atoms with Gasteiger partial charge in [-0.2, -0.15) is 0 Å². The third-order valence-corrected chi connectivity index (χ3v) is 2.67. The SMILES string of the molecule is CS(=O)(=O)NCCNCc1cc(O)cc(F)c1. The number of nitrogens with one attached hydrogen (secondary N) is 2. The number of halogens is 1. The number of phenols is 1. The van der Waals surface area contributed by atoms with Crippen LogP contribution in [0.25, 0.3) is 0 Å². The third kappa shape index (κ3) is 6.20. The summed E-state index contributed by atoms with van der Waals surface area (Å²) in [6.45, 7) is 1.04. The second kappa shape index (κ2) is 5.95. The highest BCUT2D eigenvalue weighted by Crippen LogP contribution is 2.14. The number of phenolic OH excluding ortho intramolecular Hbond substituents is 1. The standard InChI is InChI=1S/C10H15FN2O3S/c1-17(15,16)13-3-2-12-7-8-4-9(11)6-10(14)5-8/h4-6,12-14H,2-3,7H2,1H3. The van der Waals surface area contributed by atoms with E-state index in [1.165, 1.54) is 12.1 Å². The average Bonchev–Trinajstić information content (AvgIpc) is 2.13. The lowest BCUT2D eigenvalue weighted by atomic mass is 10.2. The molecule has 0 amide bonds. The summed E-state index contributed by atoms with van der Waals surface area (Å²) in [5.41, 5.74) is 0.599. The summed E-state index contributed by atoms with van der Waals surface area (Å²) in [4.78, 5) is 0. The first-order valence-electron chi connectivity index (χ1n) is 5.00. The lowest BCUT2D eigenvalue weighted by Gasteiger charge is -2.06. The molecule has 0 atom stereocenters. The van der Waals surface area contributed by atoms with Crippen molar-refractivity contribution in [2.24, 2.45) is 0 Å². The van der Waals surface area contributed by atoms with E-state index in [-0.39, 0.29) is 12.3 Å². The first kappa shape index (κ1) is 13.9. The predicted molar refractivity (Wildman–Crippen MR) is 62.6 cm³/mol. The predicted octanol–water partition coefficient (Wildman–Crippen LogP) is 0.170. The fourth-order valence-corrected chi connectivity index (χ4v) is 1.77. The van der Waals surface area contributed by atoms with Gasteiger partial charge in [-0.05, 0) is 17.7 Å². The van der Waals surface area contributed by atoms with Crippen LogP contribution < -0.4 is 10.0 Å². The van der Waals surface area contributed by atoms with Crippen LogP contribution >= 0.6 is 0 Å². The molecule has 0 aliphatic heterocycles. The second-order valence-electron chi connectivity index (χ2n) is 3.66. The third-order valence-electron chi connectivity index (χ3n) is 1.94. The van der Waals surface area contributed by atoms with Gasteiger partial charge in [-0.1, -0.05) is 0 Å². The normalized spacial score (nSPS) is 11.6. The summed E-state index contributed by atoms with van der Waals surface area (Å²) in [6.07, 6.45) is 1.08. The Morgan fingerprint density at radius 1 is 1.29 bits per heavy atom. The highest BCUT2D eigenvalue weighted by molar-refractivity contribution is 7.88. The number of hydrogen-bond donors (Lipinski definition) is 3. The molecular formula is C10H15FN2O3S. The van der Waals surface area contributed by atoms with E-state index < -0.39 is 15.8 Å². The molecule has 96 valence electrons. The van der Waals surface area contributed by atoms with Crippen LogP contribution in [0.2, 0.25) is 0 Å². The molecule has 7 heteroatoms. The van der Waals surface area contributed by atoms with Crippen LogP contribution in [-0.4, -0.2) is 32.9 Å². The molecule has 1 aromatic rings. The maximum absolute atomic E-state index is 12.9. The Morgan fingerprint density at radius 3 is 2.59 bits per heavy atom. The van der Waals surface area contributed by atoms with Crippen LogP contribution in [-0.2, 0) is 16.6 Å². The van der Waals surface area contributed by atoms with Crippen molar-refractivity contribution in [3.8, 4) is 5.75 Å². The molecule has 5 nitrogen and oxygen atoms in total. The molecule has 0 fully saturated rings.